The fraction of sp³-hybridized carbons (Fsp3) is 0.625. The molecule has 0 amide bonds. The molecule has 6 heteroatoms. The minimum absolute atomic E-state index is 0.0906. The summed E-state index contributed by atoms with van der Waals surface area (Å²) in [6.45, 7) is 0. The van der Waals surface area contributed by atoms with Crippen molar-refractivity contribution in [3.8, 4) is 0 Å². The first-order valence-corrected chi connectivity index (χ1v) is 7.01. The molecule has 1 aromatic rings. The van der Waals surface area contributed by atoms with Gasteiger partial charge in [-0.3, -0.25) is 0 Å². The molecule has 1 aliphatic rings. The maximum atomic E-state index is 11.1. The van der Waals surface area contributed by atoms with Crippen LogP contribution < -0.4 is 0 Å². The lowest BCUT2D eigenvalue weighted by Crippen LogP contribution is -2.32. The third-order valence-electron chi connectivity index (χ3n) is 2.44. The molecule has 78 valence electrons. The Bertz CT molecular complexity index is 445. The predicted octanol–water partition coefficient (Wildman–Crippen LogP) is 0.918. The first-order chi connectivity index (χ1) is 6.42. The highest BCUT2D eigenvalue weighted by molar-refractivity contribution is 7.92. The molecule has 1 aromatic heterocycles. The van der Waals surface area contributed by atoms with Gasteiger partial charge in [-0.25, -0.2) is 13.4 Å². The maximum Gasteiger partial charge on any atom is 0.209 e. The highest BCUT2D eigenvalue weighted by Gasteiger charge is 2.38. The van der Waals surface area contributed by atoms with Crippen LogP contribution in [0.2, 0.25) is 0 Å². The topological polar surface area (TPSA) is 67.3 Å². The molecule has 0 aromatic carbocycles. The molecule has 1 aliphatic carbocycles. The summed E-state index contributed by atoms with van der Waals surface area (Å²) in [5, 5.41) is 9.94. The summed E-state index contributed by atoms with van der Waals surface area (Å²) in [6.07, 6.45) is 5.00. The summed E-state index contributed by atoms with van der Waals surface area (Å²) >= 11 is 1.07. The zero-order valence-corrected chi connectivity index (χ0v) is 9.36. The van der Waals surface area contributed by atoms with Crippen LogP contribution in [0, 0.1) is 0 Å². The van der Waals surface area contributed by atoms with Crippen molar-refractivity contribution in [2.24, 2.45) is 0 Å². The van der Waals surface area contributed by atoms with Gasteiger partial charge in [-0.05, 0) is 19.3 Å². The second-order valence-electron chi connectivity index (χ2n) is 3.65. The van der Waals surface area contributed by atoms with Gasteiger partial charge in [-0.2, -0.15) is 0 Å². The van der Waals surface area contributed by atoms with Crippen molar-refractivity contribution in [2.75, 3.05) is 6.26 Å². The van der Waals surface area contributed by atoms with E-state index in [1.165, 1.54) is 6.20 Å². The molecule has 0 aliphatic heterocycles. The van der Waals surface area contributed by atoms with Crippen LogP contribution >= 0.6 is 11.3 Å². The standard InChI is InChI=1S/C8H11NO3S2/c1-14(11,12)7-9-5-6(13-7)8(10)3-2-4-8/h5,10H,2-4H2,1H3. The van der Waals surface area contributed by atoms with Gasteiger partial charge in [0.1, 0.15) is 5.60 Å². The minimum atomic E-state index is -3.23. The van der Waals surface area contributed by atoms with E-state index in [9.17, 15) is 13.5 Å². The van der Waals surface area contributed by atoms with Crippen LogP contribution in [0.3, 0.4) is 0 Å². The first kappa shape index (κ1) is 10.1. The summed E-state index contributed by atoms with van der Waals surface area (Å²) < 4.78 is 22.4. The normalized spacial score (nSPS) is 20.4. The molecular weight excluding hydrogens is 222 g/mol. The largest absolute Gasteiger partial charge is 0.384 e. The van der Waals surface area contributed by atoms with Crippen molar-refractivity contribution in [3.05, 3.63) is 11.1 Å². The van der Waals surface area contributed by atoms with Gasteiger partial charge in [0.25, 0.3) is 0 Å². The van der Waals surface area contributed by atoms with Crippen molar-refractivity contribution in [1.82, 2.24) is 4.98 Å². The molecule has 1 N–H and O–H groups in total. The highest BCUT2D eigenvalue weighted by atomic mass is 32.2. The molecule has 14 heavy (non-hydrogen) atoms. The van der Waals surface area contributed by atoms with Crippen LogP contribution in [-0.4, -0.2) is 24.8 Å². The van der Waals surface area contributed by atoms with E-state index in [1.807, 2.05) is 0 Å². The number of sulfone groups is 1. The molecule has 2 rings (SSSR count). The van der Waals surface area contributed by atoms with Crippen molar-refractivity contribution >= 4 is 21.2 Å². The number of rotatable bonds is 2. The molecule has 0 saturated heterocycles. The molecule has 1 fully saturated rings. The Balaban J connectivity index is 2.35. The monoisotopic (exact) mass is 233 g/mol. The van der Waals surface area contributed by atoms with Gasteiger partial charge in [-0.15, -0.1) is 11.3 Å². The van der Waals surface area contributed by atoms with Crippen molar-refractivity contribution in [3.63, 3.8) is 0 Å². The Kier molecular flexibility index (Phi) is 2.17. The van der Waals surface area contributed by atoms with Crippen LogP contribution in [0.25, 0.3) is 0 Å². The molecule has 0 spiro atoms. The first-order valence-electron chi connectivity index (χ1n) is 4.31. The zero-order valence-electron chi connectivity index (χ0n) is 7.73. The Morgan fingerprint density at radius 3 is 2.57 bits per heavy atom. The average molecular weight is 233 g/mol. The minimum Gasteiger partial charge on any atom is -0.384 e. The summed E-state index contributed by atoms with van der Waals surface area (Å²) in [6, 6.07) is 0. The number of aliphatic hydroxyl groups is 1. The van der Waals surface area contributed by atoms with E-state index in [0.717, 1.165) is 24.0 Å². The van der Waals surface area contributed by atoms with Gasteiger partial charge in [0.2, 0.25) is 14.2 Å². The van der Waals surface area contributed by atoms with E-state index in [-0.39, 0.29) is 4.34 Å². The van der Waals surface area contributed by atoms with Gasteiger partial charge < -0.3 is 5.11 Å². The number of hydrogen-bond acceptors (Lipinski definition) is 5. The van der Waals surface area contributed by atoms with Crippen molar-refractivity contribution in [2.45, 2.75) is 29.2 Å². The van der Waals surface area contributed by atoms with E-state index in [1.54, 1.807) is 0 Å². The lowest BCUT2D eigenvalue weighted by Gasteiger charge is -2.35. The van der Waals surface area contributed by atoms with E-state index < -0.39 is 15.4 Å². The average Bonchev–Trinajstić information content (AvgIpc) is 2.46. The summed E-state index contributed by atoms with van der Waals surface area (Å²) in [5.41, 5.74) is -0.805. The number of thiazole rings is 1. The SMILES string of the molecule is CS(=O)(=O)c1ncc(C2(O)CCC2)s1. The Labute approximate surface area is 86.5 Å². The third-order valence-corrected chi connectivity index (χ3v) is 5.32. The number of nitrogens with zero attached hydrogens (tertiary/aromatic N) is 1. The molecule has 1 heterocycles. The lowest BCUT2D eigenvalue weighted by atomic mass is 9.79. The third kappa shape index (κ3) is 1.57. The quantitative estimate of drug-likeness (QED) is 0.824. The Hall–Kier alpha value is -0.460. The maximum absolute atomic E-state index is 11.1. The lowest BCUT2D eigenvalue weighted by molar-refractivity contribution is -0.0356. The van der Waals surface area contributed by atoms with Gasteiger partial charge in [0, 0.05) is 12.5 Å². The van der Waals surface area contributed by atoms with E-state index in [4.69, 9.17) is 0 Å². The molecule has 0 unspecified atom stereocenters. The van der Waals surface area contributed by atoms with E-state index in [2.05, 4.69) is 4.98 Å². The molecule has 4 nitrogen and oxygen atoms in total. The zero-order chi connectivity index (χ0) is 10.4. The number of aromatic nitrogens is 1. The van der Waals surface area contributed by atoms with E-state index >= 15 is 0 Å². The predicted molar refractivity (Wildman–Crippen MR) is 53.0 cm³/mol. The van der Waals surface area contributed by atoms with Crippen LogP contribution in [0.15, 0.2) is 10.5 Å². The molecule has 1 saturated carbocycles. The van der Waals surface area contributed by atoms with Gasteiger partial charge in [0.05, 0.1) is 4.88 Å². The summed E-state index contributed by atoms with van der Waals surface area (Å²) in [5.74, 6) is 0. The molecule has 0 radical (unpaired) electrons. The van der Waals surface area contributed by atoms with Crippen LogP contribution in [-0.2, 0) is 15.4 Å². The van der Waals surface area contributed by atoms with E-state index in [0.29, 0.717) is 17.7 Å². The summed E-state index contributed by atoms with van der Waals surface area (Å²) in [4.78, 5) is 4.48. The van der Waals surface area contributed by atoms with Gasteiger partial charge >= 0.3 is 0 Å². The van der Waals surface area contributed by atoms with Crippen molar-refractivity contribution in [1.29, 1.82) is 0 Å². The Morgan fingerprint density at radius 1 is 1.57 bits per heavy atom. The van der Waals surface area contributed by atoms with Gasteiger partial charge in [-0.1, -0.05) is 0 Å². The Morgan fingerprint density at radius 2 is 2.21 bits per heavy atom. The second-order valence-corrected chi connectivity index (χ2v) is 6.87. The van der Waals surface area contributed by atoms with Crippen LogP contribution in [0.5, 0.6) is 0 Å². The smallest absolute Gasteiger partial charge is 0.209 e. The fourth-order valence-electron chi connectivity index (χ4n) is 1.40. The molecule has 0 bridgehead atoms. The van der Waals surface area contributed by atoms with Crippen LogP contribution in [0.4, 0.5) is 0 Å². The van der Waals surface area contributed by atoms with Crippen LogP contribution in [0.1, 0.15) is 24.1 Å². The summed E-state index contributed by atoms with van der Waals surface area (Å²) in [7, 11) is -3.23. The van der Waals surface area contributed by atoms with Crippen molar-refractivity contribution < 1.29 is 13.5 Å². The molecule has 0 atom stereocenters. The fourth-order valence-corrected chi connectivity index (χ4v) is 3.31. The van der Waals surface area contributed by atoms with Gasteiger partial charge in [0.15, 0.2) is 0 Å². The number of hydrogen-bond donors (Lipinski definition) is 1. The highest BCUT2D eigenvalue weighted by Crippen LogP contribution is 2.43. The molecular formula is C8H11NO3S2. The second kappa shape index (κ2) is 3.01.